The summed E-state index contributed by atoms with van der Waals surface area (Å²) in [5.41, 5.74) is 1.86. The minimum Gasteiger partial charge on any atom is -0.289 e. The van der Waals surface area contributed by atoms with Crippen molar-refractivity contribution in [3.8, 4) is 0 Å². The Bertz CT molecular complexity index is 434. The number of ketones is 1. The molecule has 2 rings (SSSR count). The SMILES string of the molecule is O=C(/C1=C/CCCCCC1)c1cccc(I)c1. The minimum atomic E-state index is 0.227. The Labute approximate surface area is 116 Å². The Morgan fingerprint density at radius 2 is 1.94 bits per heavy atom. The Hall–Kier alpha value is -0.640. The predicted molar refractivity (Wildman–Crippen MR) is 79.3 cm³/mol. The highest BCUT2D eigenvalue weighted by Crippen LogP contribution is 2.21. The molecule has 0 fully saturated rings. The zero-order valence-corrected chi connectivity index (χ0v) is 12.1. The third-order valence-corrected chi connectivity index (χ3v) is 3.84. The van der Waals surface area contributed by atoms with Gasteiger partial charge < -0.3 is 0 Å². The van der Waals surface area contributed by atoms with Crippen molar-refractivity contribution in [3.05, 3.63) is 45.0 Å². The molecule has 1 aliphatic carbocycles. The normalized spacial score (nSPS) is 19.9. The summed E-state index contributed by atoms with van der Waals surface area (Å²) in [5, 5.41) is 0. The van der Waals surface area contributed by atoms with Crippen LogP contribution in [0.1, 0.15) is 48.9 Å². The zero-order valence-electron chi connectivity index (χ0n) is 9.92. The minimum absolute atomic E-state index is 0.227. The van der Waals surface area contributed by atoms with E-state index in [4.69, 9.17) is 0 Å². The Balaban J connectivity index is 2.18. The van der Waals surface area contributed by atoms with Crippen molar-refractivity contribution >= 4 is 28.4 Å². The van der Waals surface area contributed by atoms with Crippen LogP contribution in [0.2, 0.25) is 0 Å². The van der Waals surface area contributed by atoms with Gasteiger partial charge >= 0.3 is 0 Å². The van der Waals surface area contributed by atoms with Crippen LogP contribution in [-0.2, 0) is 0 Å². The quantitative estimate of drug-likeness (QED) is 0.561. The van der Waals surface area contributed by atoms with E-state index >= 15 is 0 Å². The van der Waals surface area contributed by atoms with Crippen LogP contribution < -0.4 is 0 Å². The third kappa shape index (κ3) is 3.66. The average Bonchev–Trinajstić information content (AvgIpc) is 2.28. The van der Waals surface area contributed by atoms with Crippen LogP contribution in [0, 0.1) is 3.57 Å². The summed E-state index contributed by atoms with van der Waals surface area (Å²) in [6, 6.07) is 7.87. The Kier molecular flexibility index (Phi) is 4.77. The van der Waals surface area contributed by atoms with Crippen LogP contribution in [0.25, 0.3) is 0 Å². The molecular formula is C15H17IO. The van der Waals surface area contributed by atoms with Crippen LogP contribution in [0.5, 0.6) is 0 Å². The van der Waals surface area contributed by atoms with Gasteiger partial charge in [-0.15, -0.1) is 0 Å². The van der Waals surface area contributed by atoms with E-state index in [1.807, 2.05) is 24.3 Å². The van der Waals surface area contributed by atoms with Crippen molar-refractivity contribution in [3.63, 3.8) is 0 Å². The molecule has 0 radical (unpaired) electrons. The number of rotatable bonds is 2. The lowest BCUT2D eigenvalue weighted by Gasteiger charge is -2.10. The number of halogens is 1. The molecule has 0 heterocycles. The molecule has 1 aromatic rings. The largest absolute Gasteiger partial charge is 0.289 e. The van der Waals surface area contributed by atoms with Crippen LogP contribution in [0.15, 0.2) is 35.9 Å². The summed E-state index contributed by atoms with van der Waals surface area (Å²) in [4.78, 5) is 12.3. The average molecular weight is 340 g/mol. The lowest BCUT2D eigenvalue weighted by atomic mass is 9.94. The highest BCUT2D eigenvalue weighted by molar-refractivity contribution is 14.1. The van der Waals surface area contributed by atoms with E-state index < -0.39 is 0 Å². The number of benzene rings is 1. The molecule has 0 saturated heterocycles. The summed E-state index contributed by atoms with van der Waals surface area (Å²) in [5.74, 6) is 0.227. The van der Waals surface area contributed by atoms with Gasteiger partial charge in [-0.2, -0.15) is 0 Å². The molecule has 0 aromatic heterocycles. The summed E-state index contributed by atoms with van der Waals surface area (Å²) in [6.45, 7) is 0. The van der Waals surface area contributed by atoms with Crippen molar-refractivity contribution in [1.82, 2.24) is 0 Å². The van der Waals surface area contributed by atoms with Gasteiger partial charge in [0.05, 0.1) is 0 Å². The van der Waals surface area contributed by atoms with E-state index in [-0.39, 0.29) is 5.78 Å². The van der Waals surface area contributed by atoms with E-state index in [1.54, 1.807) is 0 Å². The summed E-state index contributed by atoms with van der Waals surface area (Å²) < 4.78 is 1.12. The van der Waals surface area contributed by atoms with E-state index in [2.05, 4.69) is 28.7 Å². The molecular weight excluding hydrogens is 323 g/mol. The first-order chi connectivity index (χ1) is 8.27. The molecule has 0 saturated carbocycles. The van der Waals surface area contributed by atoms with E-state index in [0.29, 0.717) is 0 Å². The molecule has 0 spiro atoms. The predicted octanol–water partition coefficient (Wildman–Crippen LogP) is 4.75. The van der Waals surface area contributed by atoms with Crippen molar-refractivity contribution < 1.29 is 4.79 Å². The fourth-order valence-corrected chi connectivity index (χ4v) is 2.76. The third-order valence-electron chi connectivity index (χ3n) is 3.17. The number of carbonyl (C=O) groups excluding carboxylic acids is 1. The molecule has 0 N–H and O–H groups in total. The van der Waals surface area contributed by atoms with Gasteiger partial charge in [0.15, 0.2) is 5.78 Å². The summed E-state index contributed by atoms with van der Waals surface area (Å²) in [6.07, 6.45) is 9.11. The second-order valence-electron chi connectivity index (χ2n) is 4.52. The molecule has 17 heavy (non-hydrogen) atoms. The number of hydrogen-bond donors (Lipinski definition) is 0. The fourth-order valence-electron chi connectivity index (χ4n) is 2.21. The van der Waals surface area contributed by atoms with Crippen LogP contribution >= 0.6 is 22.6 Å². The van der Waals surface area contributed by atoms with Crippen LogP contribution in [0.4, 0.5) is 0 Å². The number of carbonyl (C=O) groups is 1. The van der Waals surface area contributed by atoms with Crippen molar-refractivity contribution in [2.24, 2.45) is 0 Å². The molecule has 1 nitrogen and oxygen atoms in total. The molecule has 1 aromatic carbocycles. The maximum atomic E-state index is 12.3. The smallest absolute Gasteiger partial charge is 0.188 e. The highest BCUT2D eigenvalue weighted by atomic mass is 127. The van der Waals surface area contributed by atoms with E-state index in [9.17, 15) is 4.79 Å². The second-order valence-corrected chi connectivity index (χ2v) is 5.77. The molecule has 1 aliphatic rings. The van der Waals surface area contributed by atoms with Crippen molar-refractivity contribution in [2.45, 2.75) is 38.5 Å². The number of hydrogen-bond acceptors (Lipinski definition) is 1. The van der Waals surface area contributed by atoms with E-state index in [0.717, 1.165) is 34.0 Å². The molecule has 0 atom stereocenters. The maximum Gasteiger partial charge on any atom is 0.188 e. The van der Waals surface area contributed by atoms with Gasteiger partial charge in [-0.25, -0.2) is 0 Å². The van der Waals surface area contributed by atoms with E-state index in [1.165, 1.54) is 19.3 Å². The van der Waals surface area contributed by atoms with Crippen molar-refractivity contribution in [1.29, 1.82) is 0 Å². The van der Waals surface area contributed by atoms with Gasteiger partial charge in [-0.3, -0.25) is 4.79 Å². The Morgan fingerprint density at radius 1 is 1.12 bits per heavy atom. The standard InChI is InChI=1S/C15H17IO/c16-14-10-6-9-13(11-14)15(17)12-7-4-2-1-3-5-8-12/h6-7,9-11H,1-5,8H2/b12-7+. The fraction of sp³-hybridized carbons (Fsp3) is 0.400. The first kappa shape index (κ1) is 12.8. The van der Waals surface area contributed by atoms with Gasteiger partial charge in [0, 0.05) is 9.13 Å². The van der Waals surface area contributed by atoms with Gasteiger partial charge in [0.25, 0.3) is 0 Å². The molecule has 0 amide bonds. The number of allylic oxidation sites excluding steroid dienone is 2. The zero-order chi connectivity index (χ0) is 12.1. The van der Waals surface area contributed by atoms with Crippen LogP contribution in [0.3, 0.4) is 0 Å². The van der Waals surface area contributed by atoms with Gasteiger partial charge in [-0.1, -0.05) is 31.1 Å². The molecule has 0 aliphatic heterocycles. The Morgan fingerprint density at radius 3 is 2.76 bits per heavy atom. The second kappa shape index (κ2) is 6.34. The first-order valence-corrected chi connectivity index (χ1v) is 7.34. The maximum absolute atomic E-state index is 12.3. The van der Waals surface area contributed by atoms with Crippen molar-refractivity contribution in [2.75, 3.05) is 0 Å². The first-order valence-electron chi connectivity index (χ1n) is 6.26. The lowest BCUT2D eigenvalue weighted by molar-refractivity contribution is 0.102. The highest BCUT2D eigenvalue weighted by Gasteiger charge is 2.13. The lowest BCUT2D eigenvalue weighted by Crippen LogP contribution is -2.05. The summed E-state index contributed by atoms with van der Waals surface area (Å²) >= 11 is 2.25. The van der Waals surface area contributed by atoms with Gasteiger partial charge in [0.1, 0.15) is 0 Å². The van der Waals surface area contributed by atoms with Gasteiger partial charge in [-0.05, 0) is 66.0 Å². The monoisotopic (exact) mass is 340 g/mol. The molecule has 90 valence electrons. The topological polar surface area (TPSA) is 17.1 Å². The van der Waals surface area contributed by atoms with Crippen LogP contribution in [-0.4, -0.2) is 5.78 Å². The molecule has 0 unspecified atom stereocenters. The van der Waals surface area contributed by atoms with Gasteiger partial charge in [0.2, 0.25) is 0 Å². The molecule has 2 heteroatoms. The number of Topliss-reactive ketones (excluding diaryl/α,β-unsaturated/α-hetero) is 1. The summed E-state index contributed by atoms with van der Waals surface area (Å²) in [7, 11) is 0. The molecule has 0 bridgehead atoms.